The highest BCUT2D eigenvalue weighted by molar-refractivity contribution is 7.99. The minimum atomic E-state index is -0.396. The number of nitrogen functional groups attached to an aromatic ring is 1. The number of hydrogen-bond donors (Lipinski definition) is 2. The van der Waals surface area contributed by atoms with E-state index in [9.17, 15) is 4.79 Å². The van der Waals surface area contributed by atoms with Gasteiger partial charge >= 0.3 is 0 Å². The van der Waals surface area contributed by atoms with Crippen LogP contribution in [0, 0.1) is 5.92 Å². The number of carbonyl (C=O) groups excluding carboxylic acids is 1. The lowest BCUT2D eigenvalue weighted by molar-refractivity contribution is 0.0997. The first kappa shape index (κ1) is 12.9. The standard InChI is InChI=1S/C12H18N2OS/c1-8(2)5-6-16-11-7-9(13)3-4-10(11)12(14)15/h3-4,7-8H,5-6,13H2,1-2H3,(H2,14,15). The van der Waals surface area contributed by atoms with E-state index in [0.717, 1.165) is 17.1 Å². The van der Waals surface area contributed by atoms with Gasteiger partial charge in [-0.15, -0.1) is 11.8 Å². The summed E-state index contributed by atoms with van der Waals surface area (Å²) >= 11 is 1.64. The molecule has 3 nitrogen and oxygen atoms in total. The molecule has 16 heavy (non-hydrogen) atoms. The van der Waals surface area contributed by atoms with Gasteiger partial charge in [0.05, 0.1) is 5.56 Å². The quantitative estimate of drug-likeness (QED) is 0.611. The number of primary amides is 1. The highest BCUT2D eigenvalue weighted by Gasteiger charge is 2.09. The van der Waals surface area contributed by atoms with Crippen molar-refractivity contribution in [2.24, 2.45) is 11.7 Å². The minimum absolute atomic E-state index is 0.396. The van der Waals surface area contributed by atoms with Gasteiger partial charge in [-0.3, -0.25) is 4.79 Å². The molecule has 1 amide bonds. The van der Waals surface area contributed by atoms with Crippen molar-refractivity contribution >= 4 is 23.4 Å². The van der Waals surface area contributed by atoms with Crippen molar-refractivity contribution < 1.29 is 4.79 Å². The predicted octanol–water partition coefficient (Wildman–Crippen LogP) is 2.51. The molecule has 0 aliphatic heterocycles. The van der Waals surface area contributed by atoms with E-state index in [1.54, 1.807) is 23.9 Å². The van der Waals surface area contributed by atoms with Crippen LogP contribution < -0.4 is 11.5 Å². The third kappa shape index (κ3) is 3.77. The molecular formula is C12H18N2OS. The Morgan fingerprint density at radius 3 is 2.69 bits per heavy atom. The summed E-state index contributed by atoms with van der Waals surface area (Å²) in [5.41, 5.74) is 12.2. The highest BCUT2D eigenvalue weighted by Crippen LogP contribution is 2.26. The van der Waals surface area contributed by atoms with Gasteiger partial charge in [0.25, 0.3) is 0 Å². The Hall–Kier alpha value is -1.16. The van der Waals surface area contributed by atoms with Gasteiger partial charge in [0.15, 0.2) is 0 Å². The largest absolute Gasteiger partial charge is 0.399 e. The summed E-state index contributed by atoms with van der Waals surface area (Å²) in [4.78, 5) is 12.1. The Kier molecular flexibility index (Phi) is 4.68. The van der Waals surface area contributed by atoms with Crippen LogP contribution in [0.5, 0.6) is 0 Å². The number of carbonyl (C=O) groups is 1. The van der Waals surface area contributed by atoms with Crippen LogP contribution >= 0.6 is 11.8 Å². The molecule has 0 radical (unpaired) electrons. The average molecular weight is 238 g/mol. The molecule has 0 aliphatic carbocycles. The summed E-state index contributed by atoms with van der Waals surface area (Å²) in [6.07, 6.45) is 1.11. The lowest BCUT2D eigenvalue weighted by atomic mass is 10.2. The van der Waals surface area contributed by atoms with Crippen molar-refractivity contribution in [2.45, 2.75) is 25.2 Å². The molecule has 1 aromatic carbocycles. The second-order valence-corrected chi connectivity index (χ2v) is 5.29. The third-order valence-electron chi connectivity index (χ3n) is 2.22. The van der Waals surface area contributed by atoms with Crippen LogP contribution in [-0.2, 0) is 0 Å². The minimum Gasteiger partial charge on any atom is -0.399 e. The first-order valence-electron chi connectivity index (χ1n) is 5.33. The van der Waals surface area contributed by atoms with Crippen LogP contribution in [0.4, 0.5) is 5.69 Å². The molecule has 0 unspecified atom stereocenters. The number of hydrogen-bond acceptors (Lipinski definition) is 3. The molecule has 0 aromatic heterocycles. The maximum absolute atomic E-state index is 11.2. The first-order chi connectivity index (χ1) is 7.50. The first-order valence-corrected chi connectivity index (χ1v) is 6.31. The second-order valence-electron chi connectivity index (χ2n) is 4.15. The van der Waals surface area contributed by atoms with Crippen molar-refractivity contribution in [1.82, 2.24) is 0 Å². The summed E-state index contributed by atoms with van der Waals surface area (Å²) in [6, 6.07) is 5.20. The normalized spacial score (nSPS) is 10.7. The molecular weight excluding hydrogens is 220 g/mol. The summed E-state index contributed by atoms with van der Waals surface area (Å²) in [6.45, 7) is 4.35. The third-order valence-corrected chi connectivity index (χ3v) is 3.31. The number of benzene rings is 1. The van der Waals surface area contributed by atoms with Crippen molar-refractivity contribution in [3.63, 3.8) is 0 Å². The van der Waals surface area contributed by atoms with E-state index >= 15 is 0 Å². The van der Waals surface area contributed by atoms with Gasteiger partial charge in [0.2, 0.25) is 5.91 Å². The van der Waals surface area contributed by atoms with Gasteiger partial charge < -0.3 is 11.5 Å². The van der Waals surface area contributed by atoms with E-state index in [1.165, 1.54) is 0 Å². The Morgan fingerprint density at radius 1 is 1.44 bits per heavy atom. The summed E-state index contributed by atoms with van der Waals surface area (Å²) in [5, 5.41) is 0. The zero-order chi connectivity index (χ0) is 12.1. The van der Waals surface area contributed by atoms with Crippen LogP contribution in [-0.4, -0.2) is 11.7 Å². The van der Waals surface area contributed by atoms with E-state index in [0.29, 0.717) is 17.2 Å². The van der Waals surface area contributed by atoms with Gasteiger partial charge in [-0.1, -0.05) is 13.8 Å². The summed E-state index contributed by atoms with van der Waals surface area (Å²) < 4.78 is 0. The lowest BCUT2D eigenvalue weighted by Crippen LogP contribution is -2.12. The number of amides is 1. The Morgan fingerprint density at radius 2 is 2.12 bits per heavy atom. The Balaban J connectivity index is 2.76. The molecule has 0 saturated carbocycles. The van der Waals surface area contributed by atoms with Crippen molar-refractivity contribution in [1.29, 1.82) is 0 Å². The Bertz CT molecular complexity index is 377. The fraction of sp³-hybridized carbons (Fsp3) is 0.417. The van der Waals surface area contributed by atoms with E-state index in [1.807, 2.05) is 6.07 Å². The van der Waals surface area contributed by atoms with Crippen LogP contribution in [0.2, 0.25) is 0 Å². The molecule has 0 bridgehead atoms. The topological polar surface area (TPSA) is 69.1 Å². The van der Waals surface area contributed by atoms with Gasteiger partial charge in [-0.25, -0.2) is 0 Å². The van der Waals surface area contributed by atoms with Crippen LogP contribution in [0.3, 0.4) is 0 Å². The smallest absolute Gasteiger partial charge is 0.249 e. The maximum atomic E-state index is 11.2. The van der Waals surface area contributed by atoms with E-state index in [4.69, 9.17) is 11.5 Å². The molecule has 4 heteroatoms. The van der Waals surface area contributed by atoms with E-state index in [-0.39, 0.29) is 0 Å². The molecule has 1 aromatic rings. The molecule has 0 heterocycles. The molecule has 0 spiro atoms. The zero-order valence-electron chi connectivity index (χ0n) is 9.69. The molecule has 0 fully saturated rings. The van der Waals surface area contributed by atoms with Crippen LogP contribution in [0.15, 0.2) is 23.1 Å². The van der Waals surface area contributed by atoms with Crippen molar-refractivity contribution in [2.75, 3.05) is 11.5 Å². The fourth-order valence-electron chi connectivity index (χ4n) is 1.27. The van der Waals surface area contributed by atoms with E-state index in [2.05, 4.69) is 13.8 Å². The molecule has 0 aliphatic rings. The maximum Gasteiger partial charge on any atom is 0.249 e. The van der Waals surface area contributed by atoms with Crippen LogP contribution in [0.25, 0.3) is 0 Å². The lowest BCUT2D eigenvalue weighted by Gasteiger charge is -2.08. The fourth-order valence-corrected chi connectivity index (χ4v) is 2.62. The molecule has 1 rings (SSSR count). The van der Waals surface area contributed by atoms with Gasteiger partial charge in [-0.2, -0.15) is 0 Å². The second kappa shape index (κ2) is 5.80. The molecule has 0 atom stereocenters. The SMILES string of the molecule is CC(C)CCSc1cc(N)ccc1C(N)=O. The van der Waals surface area contributed by atoms with E-state index < -0.39 is 5.91 Å². The van der Waals surface area contributed by atoms with Crippen LogP contribution in [0.1, 0.15) is 30.6 Å². The number of anilines is 1. The van der Waals surface area contributed by atoms with Gasteiger partial charge in [0, 0.05) is 10.6 Å². The molecule has 0 saturated heterocycles. The van der Waals surface area contributed by atoms with Crippen molar-refractivity contribution in [3.05, 3.63) is 23.8 Å². The number of rotatable bonds is 5. The number of nitrogens with two attached hydrogens (primary N) is 2. The summed E-state index contributed by atoms with van der Waals surface area (Å²) in [7, 11) is 0. The van der Waals surface area contributed by atoms with Gasteiger partial charge in [-0.05, 0) is 36.3 Å². The zero-order valence-corrected chi connectivity index (χ0v) is 10.5. The monoisotopic (exact) mass is 238 g/mol. The average Bonchev–Trinajstić information content (AvgIpc) is 2.16. The Labute approximate surface area is 101 Å². The molecule has 4 N–H and O–H groups in total. The highest BCUT2D eigenvalue weighted by atomic mass is 32.2. The summed E-state index contributed by atoms with van der Waals surface area (Å²) in [5.74, 6) is 1.24. The number of thioether (sulfide) groups is 1. The predicted molar refractivity (Wildman–Crippen MR) is 69.6 cm³/mol. The van der Waals surface area contributed by atoms with Crippen molar-refractivity contribution in [3.8, 4) is 0 Å². The molecule has 88 valence electrons. The van der Waals surface area contributed by atoms with Gasteiger partial charge in [0.1, 0.15) is 0 Å².